The van der Waals surface area contributed by atoms with Crippen LogP contribution in [0.1, 0.15) is 29.6 Å². The first-order valence-electron chi connectivity index (χ1n) is 10.1. The second kappa shape index (κ2) is 10.8. The van der Waals surface area contributed by atoms with E-state index in [0.717, 1.165) is 0 Å². The Morgan fingerprint density at radius 3 is 2.52 bits per heavy atom. The molecule has 1 aliphatic heterocycles. The zero-order valence-electron chi connectivity index (χ0n) is 16.8. The van der Waals surface area contributed by atoms with Crippen LogP contribution in [0.25, 0.3) is 0 Å². The Kier molecular flexibility index (Phi) is 7.91. The standard InChI is InChI=1S/C22H25F2N3O4/c23-14-5-7-15(8-6-14)26-22(30)27-19-10-9-16(31-20(19)13-28)11-12-25-21(29)17-3-1-2-4-18(17)24/h1-8,16,19-20,28H,9-13H2,(H,25,29)(H2,26,27,30)/t16-,19-,20+/m1/s1. The van der Waals surface area contributed by atoms with Crippen molar-refractivity contribution in [2.45, 2.75) is 37.5 Å². The predicted molar refractivity (Wildman–Crippen MR) is 111 cm³/mol. The van der Waals surface area contributed by atoms with Gasteiger partial charge in [-0.2, -0.15) is 0 Å². The number of aliphatic hydroxyl groups is 1. The molecule has 0 aromatic heterocycles. The molecule has 31 heavy (non-hydrogen) atoms. The predicted octanol–water partition coefficient (Wildman–Crippen LogP) is 2.81. The Bertz CT molecular complexity index is 895. The number of hydrogen-bond donors (Lipinski definition) is 4. The van der Waals surface area contributed by atoms with Crippen LogP contribution in [0.2, 0.25) is 0 Å². The lowest BCUT2D eigenvalue weighted by atomic mass is 9.97. The Hall–Kier alpha value is -3.04. The number of rotatable bonds is 7. The van der Waals surface area contributed by atoms with E-state index in [-0.39, 0.29) is 18.3 Å². The van der Waals surface area contributed by atoms with Gasteiger partial charge in [0.05, 0.1) is 24.3 Å². The fraction of sp³-hybridized carbons (Fsp3) is 0.364. The molecule has 3 rings (SSSR count). The molecular weight excluding hydrogens is 408 g/mol. The molecule has 1 fully saturated rings. The summed E-state index contributed by atoms with van der Waals surface area (Å²) in [5, 5.41) is 17.7. The van der Waals surface area contributed by atoms with E-state index in [2.05, 4.69) is 16.0 Å². The Morgan fingerprint density at radius 1 is 1.06 bits per heavy atom. The van der Waals surface area contributed by atoms with Crippen molar-refractivity contribution in [3.8, 4) is 0 Å². The lowest BCUT2D eigenvalue weighted by Gasteiger charge is -2.36. The zero-order valence-corrected chi connectivity index (χ0v) is 16.8. The Labute approximate surface area is 178 Å². The van der Waals surface area contributed by atoms with Crippen LogP contribution in [0.4, 0.5) is 19.3 Å². The van der Waals surface area contributed by atoms with Crippen molar-refractivity contribution in [3.63, 3.8) is 0 Å². The number of hydrogen-bond acceptors (Lipinski definition) is 4. The van der Waals surface area contributed by atoms with Crippen LogP contribution < -0.4 is 16.0 Å². The summed E-state index contributed by atoms with van der Waals surface area (Å²) in [4.78, 5) is 24.2. The normalized spacial score (nSPS) is 20.7. The van der Waals surface area contributed by atoms with Crippen molar-refractivity contribution in [1.82, 2.24) is 10.6 Å². The monoisotopic (exact) mass is 433 g/mol. The van der Waals surface area contributed by atoms with Gasteiger partial charge < -0.3 is 25.8 Å². The van der Waals surface area contributed by atoms with Crippen molar-refractivity contribution < 1.29 is 28.2 Å². The van der Waals surface area contributed by atoms with Crippen molar-refractivity contribution in [2.24, 2.45) is 0 Å². The number of halogens is 2. The average molecular weight is 433 g/mol. The molecular formula is C22H25F2N3O4. The van der Waals surface area contributed by atoms with Gasteiger partial charge in [0.25, 0.3) is 5.91 Å². The summed E-state index contributed by atoms with van der Waals surface area (Å²) in [6, 6.07) is 10.2. The lowest BCUT2D eigenvalue weighted by Crippen LogP contribution is -2.52. The fourth-order valence-electron chi connectivity index (χ4n) is 3.47. The fourth-order valence-corrected chi connectivity index (χ4v) is 3.47. The molecule has 0 aliphatic carbocycles. The second-order valence-electron chi connectivity index (χ2n) is 7.29. The first-order valence-corrected chi connectivity index (χ1v) is 10.1. The van der Waals surface area contributed by atoms with Crippen molar-refractivity contribution >= 4 is 17.6 Å². The molecule has 1 aliphatic rings. The summed E-state index contributed by atoms with van der Waals surface area (Å²) < 4.78 is 32.5. The van der Waals surface area contributed by atoms with Gasteiger partial charge in [0.2, 0.25) is 0 Å². The summed E-state index contributed by atoms with van der Waals surface area (Å²) in [6.07, 6.45) is 0.878. The maximum Gasteiger partial charge on any atom is 0.319 e. The number of anilines is 1. The van der Waals surface area contributed by atoms with Crippen LogP contribution in [0.5, 0.6) is 0 Å². The summed E-state index contributed by atoms with van der Waals surface area (Å²) >= 11 is 0. The van der Waals surface area contributed by atoms with Gasteiger partial charge in [0.1, 0.15) is 17.7 Å². The van der Waals surface area contributed by atoms with E-state index in [0.29, 0.717) is 31.5 Å². The topological polar surface area (TPSA) is 99.7 Å². The molecule has 0 spiro atoms. The summed E-state index contributed by atoms with van der Waals surface area (Å²) in [5.74, 6) is -1.48. The minimum atomic E-state index is -0.597. The van der Waals surface area contributed by atoms with Gasteiger partial charge >= 0.3 is 6.03 Å². The van der Waals surface area contributed by atoms with Crippen LogP contribution in [-0.2, 0) is 4.74 Å². The summed E-state index contributed by atoms with van der Waals surface area (Å²) in [7, 11) is 0. The molecule has 0 bridgehead atoms. The van der Waals surface area contributed by atoms with Crippen LogP contribution in [0.3, 0.4) is 0 Å². The van der Waals surface area contributed by atoms with Gasteiger partial charge in [-0.3, -0.25) is 4.79 Å². The van der Waals surface area contributed by atoms with Crippen LogP contribution in [0, 0.1) is 11.6 Å². The molecule has 166 valence electrons. The van der Waals surface area contributed by atoms with Crippen molar-refractivity contribution in [2.75, 3.05) is 18.5 Å². The van der Waals surface area contributed by atoms with Crippen LogP contribution >= 0.6 is 0 Å². The second-order valence-corrected chi connectivity index (χ2v) is 7.29. The average Bonchev–Trinajstić information content (AvgIpc) is 2.76. The first kappa shape index (κ1) is 22.6. The minimum absolute atomic E-state index is 0.0169. The summed E-state index contributed by atoms with van der Waals surface area (Å²) in [6.45, 7) is 0.0126. The van der Waals surface area contributed by atoms with E-state index in [9.17, 15) is 23.5 Å². The summed E-state index contributed by atoms with van der Waals surface area (Å²) in [5.41, 5.74) is 0.427. The third kappa shape index (κ3) is 6.47. The molecule has 1 heterocycles. The van der Waals surface area contributed by atoms with Gasteiger partial charge in [-0.05, 0) is 55.7 Å². The van der Waals surface area contributed by atoms with Gasteiger partial charge in [0.15, 0.2) is 0 Å². The quantitative estimate of drug-likeness (QED) is 0.540. The molecule has 0 radical (unpaired) electrons. The largest absolute Gasteiger partial charge is 0.394 e. The molecule has 3 atom stereocenters. The zero-order chi connectivity index (χ0) is 22.2. The minimum Gasteiger partial charge on any atom is -0.394 e. The third-order valence-corrected chi connectivity index (χ3v) is 5.08. The van der Waals surface area contributed by atoms with E-state index < -0.39 is 35.7 Å². The van der Waals surface area contributed by atoms with Gasteiger partial charge in [0, 0.05) is 12.2 Å². The Morgan fingerprint density at radius 2 is 1.81 bits per heavy atom. The lowest BCUT2D eigenvalue weighted by molar-refractivity contribution is -0.0886. The Balaban J connectivity index is 1.43. The van der Waals surface area contributed by atoms with E-state index in [1.807, 2.05) is 0 Å². The SMILES string of the molecule is O=C(Nc1ccc(F)cc1)N[C@@H]1CC[C@H](CCNC(=O)c2ccccc2F)O[C@H]1CO. The molecule has 7 nitrogen and oxygen atoms in total. The van der Waals surface area contributed by atoms with Gasteiger partial charge in [-0.25, -0.2) is 13.6 Å². The number of urea groups is 1. The molecule has 2 aromatic rings. The first-order chi connectivity index (χ1) is 15.0. The smallest absolute Gasteiger partial charge is 0.319 e. The van der Waals surface area contributed by atoms with Crippen molar-refractivity contribution in [1.29, 1.82) is 0 Å². The van der Waals surface area contributed by atoms with E-state index in [1.54, 1.807) is 6.07 Å². The van der Waals surface area contributed by atoms with Crippen LogP contribution in [-0.4, -0.2) is 48.4 Å². The highest BCUT2D eigenvalue weighted by Crippen LogP contribution is 2.22. The molecule has 3 amide bonds. The maximum atomic E-state index is 13.7. The van der Waals surface area contributed by atoms with E-state index >= 15 is 0 Å². The molecule has 2 aromatic carbocycles. The number of benzene rings is 2. The maximum absolute atomic E-state index is 13.7. The number of carbonyl (C=O) groups excluding carboxylic acids is 2. The molecule has 1 saturated heterocycles. The van der Waals surface area contributed by atoms with E-state index in [1.165, 1.54) is 42.5 Å². The molecule has 0 saturated carbocycles. The van der Waals surface area contributed by atoms with Gasteiger partial charge in [-0.1, -0.05) is 12.1 Å². The van der Waals surface area contributed by atoms with Gasteiger partial charge in [-0.15, -0.1) is 0 Å². The number of carbonyl (C=O) groups is 2. The highest BCUT2D eigenvalue weighted by molar-refractivity contribution is 5.94. The van der Waals surface area contributed by atoms with E-state index in [4.69, 9.17) is 4.74 Å². The van der Waals surface area contributed by atoms with Crippen LogP contribution in [0.15, 0.2) is 48.5 Å². The van der Waals surface area contributed by atoms with Crippen molar-refractivity contribution in [3.05, 3.63) is 65.7 Å². The third-order valence-electron chi connectivity index (χ3n) is 5.08. The molecule has 4 N–H and O–H groups in total. The number of ether oxygens (including phenoxy) is 1. The number of nitrogens with one attached hydrogen (secondary N) is 3. The molecule has 9 heteroatoms. The highest BCUT2D eigenvalue weighted by Gasteiger charge is 2.31. The highest BCUT2D eigenvalue weighted by atomic mass is 19.1. The number of amides is 3. The number of aliphatic hydroxyl groups excluding tert-OH is 1. The molecule has 0 unspecified atom stereocenters.